The zero-order valence-corrected chi connectivity index (χ0v) is 14.2. The first kappa shape index (κ1) is 19.7. The van der Waals surface area contributed by atoms with E-state index in [1.807, 2.05) is 38.1 Å². The Labute approximate surface area is 134 Å². The lowest BCUT2D eigenvalue weighted by Crippen LogP contribution is -2.46. The molecule has 0 aliphatic heterocycles. The molecule has 120 valence electrons. The minimum Gasteiger partial charge on any atom is -0.497 e. The maximum atomic E-state index is 12.4. The van der Waals surface area contributed by atoms with Gasteiger partial charge in [-0.25, -0.2) is 0 Å². The maximum Gasteiger partial charge on any atom is 0.240 e. The first-order chi connectivity index (χ1) is 9.53. The van der Waals surface area contributed by atoms with Crippen molar-refractivity contribution in [2.45, 2.75) is 39.8 Å². The highest BCUT2D eigenvalue weighted by atomic mass is 35.5. The minimum absolute atomic E-state index is 0. The Bertz CT molecular complexity index is 423. The number of likely N-dealkylation sites (N-methyl/N-ethyl adjacent to an activating group) is 1. The topological polar surface area (TPSA) is 55.6 Å². The molecule has 0 saturated carbocycles. The summed E-state index contributed by atoms with van der Waals surface area (Å²) >= 11 is 0. The first-order valence-electron chi connectivity index (χ1n) is 7.20. The smallest absolute Gasteiger partial charge is 0.240 e. The van der Waals surface area contributed by atoms with Crippen LogP contribution in [0.5, 0.6) is 5.75 Å². The number of hydrogen-bond donors (Lipinski definition) is 1. The van der Waals surface area contributed by atoms with E-state index in [1.165, 1.54) is 0 Å². The zero-order chi connectivity index (χ0) is 15.1. The van der Waals surface area contributed by atoms with Crippen molar-refractivity contribution in [2.24, 2.45) is 11.7 Å². The lowest BCUT2D eigenvalue weighted by Gasteiger charge is -2.27. The van der Waals surface area contributed by atoms with Crippen LogP contribution in [-0.2, 0) is 11.3 Å². The summed E-state index contributed by atoms with van der Waals surface area (Å²) in [6.07, 6.45) is 0.910. The van der Waals surface area contributed by atoms with Gasteiger partial charge in [0.2, 0.25) is 5.91 Å². The van der Waals surface area contributed by atoms with Crippen LogP contribution in [0.2, 0.25) is 0 Å². The van der Waals surface area contributed by atoms with Gasteiger partial charge in [0.15, 0.2) is 0 Å². The van der Waals surface area contributed by atoms with Gasteiger partial charge in [-0.15, -0.1) is 12.4 Å². The Balaban J connectivity index is 0.00000400. The van der Waals surface area contributed by atoms with Gasteiger partial charge in [-0.3, -0.25) is 4.79 Å². The summed E-state index contributed by atoms with van der Waals surface area (Å²) in [5.74, 6) is 1.05. The van der Waals surface area contributed by atoms with E-state index in [9.17, 15) is 4.79 Å². The Morgan fingerprint density at radius 1 is 1.29 bits per heavy atom. The van der Waals surface area contributed by atoms with Crippen LogP contribution in [0.3, 0.4) is 0 Å². The molecule has 4 nitrogen and oxygen atoms in total. The maximum absolute atomic E-state index is 12.4. The molecule has 0 radical (unpaired) electrons. The van der Waals surface area contributed by atoms with E-state index >= 15 is 0 Å². The molecule has 0 aliphatic rings. The van der Waals surface area contributed by atoms with Crippen molar-refractivity contribution >= 4 is 18.3 Å². The summed E-state index contributed by atoms with van der Waals surface area (Å²) < 4.78 is 5.13. The number of rotatable bonds is 7. The fraction of sp³-hybridized carbons (Fsp3) is 0.562. The van der Waals surface area contributed by atoms with Gasteiger partial charge < -0.3 is 15.4 Å². The van der Waals surface area contributed by atoms with Crippen LogP contribution in [0.25, 0.3) is 0 Å². The summed E-state index contributed by atoms with van der Waals surface area (Å²) in [6, 6.07) is 7.34. The van der Waals surface area contributed by atoms with Crippen LogP contribution in [0.4, 0.5) is 0 Å². The standard InChI is InChI=1S/C16H26N2O2.ClH/c1-5-12(3)15(17)16(19)18(6-2)11-13-7-9-14(20-4)10-8-13;/h7-10,12,15H,5-6,11,17H2,1-4H3;1H. The quantitative estimate of drug-likeness (QED) is 0.842. The van der Waals surface area contributed by atoms with Crippen LogP contribution < -0.4 is 10.5 Å². The van der Waals surface area contributed by atoms with Crippen LogP contribution in [-0.4, -0.2) is 30.5 Å². The third-order valence-electron chi connectivity index (χ3n) is 3.77. The molecule has 0 fully saturated rings. The molecule has 0 aliphatic carbocycles. The molecule has 1 rings (SSSR count). The predicted octanol–water partition coefficient (Wildman–Crippen LogP) is 2.84. The van der Waals surface area contributed by atoms with E-state index in [0.29, 0.717) is 13.1 Å². The molecular weight excluding hydrogens is 288 g/mol. The van der Waals surface area contributed by atoms with Crippen molar-refractivity contribution in [1.29, 1.82) is 0 Å². The van der Waals surface area contributed by atoms with E-state index in [4.69, 9.17) is 10.5 Å². The zero-order valence-electron chi connectivity index (χ0n) is 13.3. The van der Waals surface area contributed by atoms with E-state index in [1.54, 1.807) is 12.0 Å². The lowest BCUT2D eigenvalue weighted by molar-refractivity contribution is -0.134. The van der Waals surface area contributed by atoms with Gasteiger partial charge in [-0.2, -0.15) is 0 Å². The van der Waals surface area contributed by atoms with Crippen molar-refractivity contribution < 1.29 is 9.53 Å². The Morgan fingerprint density at radius 2 is 1.86 bits per heavy atom. The molecule has 2 atom stereocenters. The van der Waals surface area contributed by atoms with Crippen molar-refractivity contribution in [3.8, 4) is 5.75 Å². The molecule has 0 heterocycles. The fourth-order valence-electron chi connectivity index (χ4n) is 2.01. The SMILES string of the molecule is CCC(C)C(N)C(=O)N(CC)Cc1ccc(OC)cc1.Cl. The molecule has 1 amide bonds. The van der Waals surface area contributed by atoms with Crippen LogP contribution in [0.15, 0.2) is 24.3 Å². The summed E-state index contributed by atoms with van der Waals surface area (Å²) in [7, 11) is 1.64. The number of nitrogens with two attached hydrogens (primary N) is 1. The molecule has 2 N–H and O–H groups in total. The number of amides is 1. The Kier molecular flexibility index (Phi) is 9.06. The van der Waals surface area contributed by atoms with Gasteiger partial charge in [0.05, 0.1) is 13.2 Å². The van der Waals surface area contributed by atoms with Crippen LogP contribution in [0, 0.1) is 5.92 Å². The first-order valence-corrected chi connectivity index (χ1v) is 7.20. The number of halogens is 1. The number of benzene rings is 1. The van der Waals surface area contributed by atoms with Crippen molar-refractivity contribution in [3.05, 3.63) is 29.8 Å². The Morgan fingerprint density at radius 3 is 2.29 bits per heavy atom. The fourth-order valence-corrected chi connectivity index (χ4v) is 2.01. The molecule has 1 aromatic carbocycles. The summed E-state index contributed by atoms with van der Waals surface area (Å²) in [4.78, 5) is 14.2. The van der Waals surface area contributed by atoms with E-state index in [2.05, 4.69) is 6.92 Å². The van der Waals surface area contributed by atoms with Gasteiger partial charge in [-0.05, 0) is 30.5 Å². The van der Waals surface area contributed by atoms with E-state index in [-0.39, 0.29) is 24.2 Å². The second kappa shape index (κ2) is 9.64. The predicted molar refractivity (Wildman–Crippen MR) is 88.8 cm³/mol. The van der Waals surface area contributed by atoms with Gasteiger partial charge in [-0.1, -0.05) is 32.4 Å². The van der Waals surface area contributed by atoms with Crippen LogP contribution in [0.1, 0.15) is 32.8 Å². The third-order valence-corrected chi connectivity index (χ3v) is 3.77. The number of nitrogens with zero attached hydrogens (tertiary/aromatic N) is 1. The summed E-state index contributed by atoms with van der Waals surface area (Å²) in [6.45, 7) is 7.30. The summed E-state index contributed by atoms with van der Waals surface area (Å²) in [5, 5.41) is 0. The molecule has 2 unspecified atom stereocenters. The average molecular weight is 315 g/mol. The largest absolute Gasteiger partial charge is 0.497 e. The normalized spacial score (nSPS) is 13.0. The molecule has 0 saturated heterocycles. The third kappa shape index (κ3) is 5.56. The number of methoxy groups -OCH3 is 1. The molecule has 5 heteroatoms. The van der Waals surface area contributed by atoms with Gasteiger partial charge in [0.1, 0.15) is 5.75 Å². The van der Waals surface area contributed by atoms with Crippen molar-refractivity contribution in [1.82, 2.24) is 4.90 Å². The molecule has 1 aromatic rings. The molecule has 0 aromatic heterocycles. The highest BCUT2D eigenvalue weighted by Crippen LogP contribution is 2.15. The van der Waals surface area contributed by atoms with Gasteiger partial charge in [0.25, 0.3) is 0 Å². The number of carbonyl (C=O) groups is 1. The summed E-state index contributed by atoms with van der Waals surface area (Å²) in [5.41, 5.74) is 7.12. The lowest BCUT2D eigenvalue weighted by atomic mass is 9.98. The van der Waals surface area contributed by atoms with E-state index in [0.717, 1.165) is 17.7 Å². The minimum atomic E-state index is -0.418. The van der Waals surface area contributed by atoms with Crippen molar-refractivity contribution in [3.63, 3.8) is 0 Å². The number of carbonyl (C=O) groups excluding carboxylic acids is 1. The average Bonchev–Trinajstić information content (AvgIpc) is 2.50. The second-order valence-corrected chi connectivity index (χ2v) is 5.11. The van der Waals surface area contributed by atoms with Gasteiger partial charge in [0, 0.05) is 13.1 Å². The number of hydrogen-bond acceptors (Lipinski definition) is 3. The molecular formula is C16H27ClN2O2. The number of ether oxygens (including phenoxy) is 1. The molecule has 0 bridgehead atoms. The van der Waals surface area contributed by atoms with Crippen LogP contribution >= 0.6 is 12.4 Å². The Hall–Kier alpha value is -1.26. The molecule has 21 heavy (non-hydrogen) atoms. The van der Waals surface area contributed by atoms with Gasteiger partial charge >= 0.3 is 0 Å². The highest BCUT2D eigenvalue weighted by molar-refractivity contribution is 5.85. The highest BCUT2D eigenvalue weighted by Gasteiger charge is 2.24. The van der Waals surface area contributed by atoms with E-state index < -0.39 is 6.04 Å². The molecule has 0 spiro atoms. The second-order valence-electron chi connectivity index (χ2n) is 5.11. The van der Waals surface area contributed by atoms with Crippen molar-refractivity contribution in [2.75, 3.05) is 13.7 Å². The monoisotopic (exact) mass is 314 g/mol.